The molecule has 0 aliphatic rings. The number of nitrogens with one attached hydrogen (secondary N) is 1. The van der Waals surface area contributed by atoms with Crippen molar-refractivity contribution in [3.8, 4) is 0 Å². The summed E-state index contributed by atoms with van der Waals surface area (Å²) < 4.78 is 10.7. The Balaban J connectivity index is 1.91. The monoisotopic (exact) mass is 277 g/mol. The van der Waals surface area contributed by atoms with E-state index in [0.717, 1.165) is 6.42 Å². The van der Waals surface area contributed by atoms with Crippen LogP contribution >= 0.6 is 0 Å². The van der Waals surface area contributed by atoms with Gasteiger partial charge in [0.25, 0.3) is 11.7 Å². The van der Waals surface area contributed by atoms with Crippen LogP contribution in [0.1, 0.15) is 6.42 Å². The number of anilines is 1. The highest BCUT2D eigenvalue weighted by atomic mass is 16.6. The Labute approximate surface area is 115 Å². The number of oxazole rings is 1. The van der Waals surface area contributed by atoms with Crippen molar-refractivity contribution in [1.82, 2.24) is 4.98 Å². The summed E-state index contributed by atoms with van der Waals surface area (Å²) in [5, 5.41) is 13.6. The number of nitrogens with zero attached hydrogens (tertiary/aromatic N) is 2. The molecule has 0 saturated carbocycles. The second-order valence-electron chi connectivity index (χ2n) is 4.04. The number of rotatable bonds is 8. The van der Waals surface area contributed by atoms with Crippen molar-refractivity contribution in [2.45, 2.75) is 6.42 Å². The molecule has 2 rings (SSSR count). The zero-order valence-corrected chi connectivity index (χ0v) is 10.9. The number of hydrogen-bond acceptors (Lipinski definition) is 6. The van der Waals surface area contributed by atoms with E-state index in [0.29, 0.717) is 36.9 Å². The van der Waals surface area contributed by atoms with Gasteiger partial charge in [-0.05, 0) is 12.5 Å². The lowest BCUT2D eigenvalue weighted by Gasteiger charge is -2.02. The lowest BCUT2D eigenvalue weighted by molar-refractivity contribution is -0.384. The molecular formula is C13H15N3O4. The van der Waals surface area contributed by atoms with E-state index in [9.17, 15) is 10.1 Å². The van der Waals surface area contributed by atoms with Gasteiger partial charge in [-0.2, -0.15) is 4.98 Å². The number of non-ortho nitro benzene ring substituents is 1. The quantitative estimate of drug-likeness (QED) is 0.345. The molecule has 1 heterocycles. The first-order chi connectivity index (χ1) is 9.70. The van der Waals surface area contributed by atoms with E-state index in [2.05, 4.69) is 16.9 Å². The Morgan fingerprint density at radius 2 is 2.35 bits per heavy atom. The van der Waals surface area contributed by atoms with Gasteiger partial charge in [-0.25, -0.2) is 0 Å². The van der Waals surface area contributed by atoms with E-state index in [1.54, 1.807) is 12.1 Å². The Morgan fingerprint density at radius 3 is 3.10 bits per heavy atom. The second-order valence-corrected chi connectivity index (χ2v) is 4.04. The van der Waals surface area contributed by atoms with Crippen LogP contribution in [0.15, 0.2) is 35.3 Å². The zero-order valence-electron chi connectivity index (χ0n) is 10.9. The van der Waals surface area contributed by atoms with Crippen molar-refractivity contribution < 1.29 is 14.1 Å². The molecule has 7 heteroatoms. The third-order valence-corrected chi connectivity index (χ3v) is 2.57. The van der Waals surface area contributed by atoms with E-state index in [1.807, 2.05) is 0 Å². The number of benzene rings is 1. The molecule has 0 fully saturated rings. The Hall–Kier alpha value is -2.41. The topological polar surface area (TPSA) is 90.4 Å². The van der Waals surface area contributed by atoms with Gasteiger partial charge in [-0.3, -0.25) is 10.1 Å². The summed E-state index contributed by atoms with van der Waals surface area (Å²) in [7, 11) is 0. The molecule has 20 heavy (non-hydrogen) atoms. The maximum atomic E-state index is 10.7. The Morgan fingerprint density at radius 1 is 1.50 bits per heavy atom. The average Bonchev–Trinajstić information content (AvgIpc) is 2.84. The van der Waals surface area contributed by atoms with Crippen molar-refractivity contribution >= 4 is 22.8 Å². The van der Waals surface area contributed by atoms with E-state index in [1.165, 1.54) is 12.1 Å². The molecule has 1 N–H and O–H groups in total. The summed E-state index contributed by atoms with van der Waals surface area (Å²) >= 11 is 0. The fourth-order valence-electron chi connectivity index (χ4n) is 1.60. The van der Waals surface area contributed by atoms with Gasteiger partial charge >= 0.3 is 0 Å². The van der Waals surface area contributed by atoms with Gasteiger partial charge in [0.05, 0.1) is 24.2 Å². The van der Waals surface area contributed by atoms with Crippen molar-refractivity contribution in [2.75, 3.05) is 25.1 Å². The molecule has 1 aromatic heterocycles. The largest absolute Gasteiger partial charge is 0.423 e. The lowest BCUT2D eigenvalue weighted by Crippen LogP contribution is -2.09. The molecule has 0 bridgehead atoms. The minimum atomic E-state index is -0.470. The number of fused-ring (bicyclic) bond motifs is 1. The molecular weight excluding hydrogens is 262 g/mol. The standard InChI is InChI=1S/C13H15N3O4/c1-2-3-7-19-8-6-14-13-15-11-5-4-10(16(17)18)9-12(11)20-13/h2,4-5,9H,1,3,6-8H2,(H,14,15). The maximum Gasteiger partial charge on any atom is 0.295 e. The highest BCUT2D eigenvalue weighted by Gasteiger charge is 2.11. The summed E-state index contributed by atoms with van der Waals surface area (Å²) in [5.41, 5.74) is 0.938. The molecule has 0 amide bonds. The lowest BCUT2D eigenvalue weighted by atomic mass is 10.3. The van der Waals surface area contributed by atoms with Crippen LogP contribution in [0, 0.1) is 10.1 Å². The van der Waals surface area contributed by atoms with Gasteiger partial charge in [-0.15, -0.1) is 6.58 Å². The number of hydrogen-bond donors (Lipinski definition) is 1. The summed E-state index contributed by atoms with van der Waals surface area (Å²) in [6.45, 7) is 5.30. The van der Waals surface area contributed by atoms with E-state index in [-0.39, 0.29) is 5.69 Å². The summed E-state index contributed by atoms with van der Waals surface area (Å²) in [6.07, 6.45) is 2.60. The first kappa shape index (κ1) is 14.0. The number of aromatic nitrogens is 1. The van der Waals surface area contributed by atoms with Crippen LogP contribution < -0.4 is 5.32 Å². The number of ether oxygens (including phenoxy) is 1. The van der Waals surface area contributed by atoms with Gasteiger partial charge in [-0.1, -0.05) is 6.08 Å². The maximum absolute atomic E-state index is 10.7. The van der Waals surface area contributed by atoms with Crippen molar-refractivity contribution in [3.63, 3.8) is 0 Å². The van der Waals surface area contributed by atoms with Crippen LogP contribution in [0.3, 0.4) is 0 Å². The minimum absolute atomic E-state index is 0.0204. The molecule has 0 unspecified atom stereocenters. The molecule has 0 aliphatic heterocycles. The molecule has 0 radical (unpaired) electrons. The van der Waals surface area contributed by atoms with E-state index < -0.39 is 4.92 Å². The molecule has 106 valence electrons. The van der Waals surface area contributed by atoms with Crippen LogP contribution in [0.25, 0.3) is 11.1 Å². The SMILES string of the molecule is C=CCCOCCNc1nc2ccc([N+](=O)[O-])cc2o1. The van der Waals surface area contributed by atoms with Crippen LogP contribution in [0.2, 0.25) is 0 Å². The van der Waals surface area contributed by atoms with Crippen molar-refractivity contribution in [2.24, 2.45) is 0 Å². The van der Waals surface area contributed by atoms with E-state index in [4.69, 9.17) is 9.15 Å². The summed E-state index contributed by atoms with van der Waals surface area (Å²) in [6, 6.07) is 4.64. The molecule has 0 saturated heterocycles. The predicted molar refractivity (Wildman–Crippen MR) is 74.8 cm³/mol. The molecule has 0 spiro atoms. The van der Waals surface area contributed by atoms with Gasteiger partial charge in [0.1, 0.15) is 5.52 Å². The number of nitro benzene ring substituents is 1. The number of nitro groups is 1. The molecule has 0 aliphatic carbocycles. The van der Waals surface area contributed by atoms with Gasteiger partial charge < -0.3 is 14.5 Å². The zero-order chi connectivity index (χ0) is 14.4. The highest BCUT2D eigenvalue weighted by Crippen LogP contribution is 2.23. The smallest absolute Gasteiger partial charge is 0.295 e. The first-order valence-electron chi connectivity index (χ1n) is 6.18. The summed E-state index contributed by atoms with van der Waals surface area (Å²) in [5.74, 6) is 0. The van der Waals surface area contributed by atoms with Crippen LogP contribution in [-0.4, -0.2) is 29.7 Å². The second kappa shape index (κ2) is 6.67. The Kier molecular flexibility index (Phi) is 4.67. The van der Waals surface area contributed by atoms with Crippen molar-refractivity contribution in [3.05, 3.63) is 41.0 Å². The van der Waals surface area contributed by atoms with E-state index >= 15 is 0 Å². The molecule has 0 atom stereocenters. The Bertz CT molecular complexity index is 609. The van der Waals surface area contributed by atoms with Crippen LogP contribution in [0.5, 0.6) is 0 Å². The average molecular weight is 277 g/mol. The highest BCUT2D eigenvalue weighted by molar-refractivity contribution is 5.77. The predicted octanol–water partition coefficient (Wildman–Crippen LogP) is 2.74. The summed E-state index contributed by atoms with van der Waals surface area (Å²) in [4.78, 5) is 14.4. The molecule has 2 aromatic rings. The normalized spacial score (nSPS) is 10.6. The first-order valence-corrected chi connectivity index (χ1v) is 6.18. The fourth-order valence-corrected chi connectivity index (χ4v) is 1.60. The van der Waals surface area contributed by atoms with Gasteiger partial charge in [0.2, 0.25) is 0 Å². The van der Waals surface area contributed by atoms with Crippen LogP contribution in [-0.2, 0) is 4.74 Å². The fraction of sp³-hybridized carbons (Fsp3) is 0.308. The third kappa shape index (κ3) is 3.55. The van der Waals surface area contributed by atoms with Crippen LogP contribution in [0.4, 0.5) is 11.7 Å². The molecule has 7 nitrogen and oxygen atoms in total. The van der Waals surface area contributed by atoms with Gasteiger partial charge in [0.15, 0.2) is 5.58 Å². The molecule has 1 aromatic carbocycles. The minimum Gasteiger partial charge on any atom is -0.423 e. The van der Waals surface area contributed by atoms with Crippen molar-refractivity contribution in [1.29, 1.82) is 0 Å². The van der Waals surface area contributed by atoms with Gasteiger partial charge in [0, 0.05) is 12.6 Å². The third-order valence-electron chi connectivity index (χ3n) is 2.57.